The first-order valence-electron chi connectivity index (χ1n) is 6.69. The van der Waals surface area contributed by atoms with Crippen molar-refractivity contribution in [3.63, 3.8) is 0 Å². The fourth-order valence-corrected chi connectivity index (χ4v) is 2.18. The van der Waals surface area contributed by atoms with Gasteiger partial charge < -0.3 is 15.4 Å². The van der Waals surface area contributed by atoms with Crippen molar-refractivity contribution < 1.29 is 14.3 Å². The maximum absolute atomic E-state index is 11.9. The standard InChI is InChI=1S/C13H24N2O3/c1-4-9(2)12(13(17)18-3)15-11(16)8-10-6-5-7-14-10/h9-10,12,14H,4-8H2,1-3H3,(H,15,16). The minimum atomic E-state index is -0.533. The lowest BCUT2D eigenvalue weighted by molar-refractivity contribution is -0.146. The third kappa shape index (κ3) is 4.29. The maximum atomic E-state index is 11.9. The molecule has 5 nitrogen and oxygen atoms in total. The molecule has 0 aromatic rings. The molecule has 2 N–H and O–H groups in total. The summed E-state index contributed by atoms with van der Waals surface area (Å²) < 4.78 is 4.74. The van der Waals surface area contributed by atoms with Gasteiger partial charge in [-0.2, -0.15) is 0 Å². The molecule has 0 aliphatic carbocycles. The van der Waals surface area contributed by atoms with E-state index in [0.29, 0.717) is 6.42 Å². The molecule has 3 unspecified atom stereocenters. The summed E-state index contributed by atoms with van der Waals surface area (Å²) in [6.07, 6.45) is 3.40. The molecule has 0 aromatic heterocycles. The Bertz CT molecular complexity index is 288. The van der Waals surface area contributed by atoms with E-state index < -0.39 is 6.04 Å². The molecule has 5 heteroatoms. The van der Waals surface area contributed by atoms with Gasteiger partial charge in [-0.05, 0) is 25.3 Å². The Morgan fingerprint density at radius 2 is 2.22 bits per heavy atom. The normalized spacial score (nSPS) is 22.3. The van der Waals surface area contributed by atoms with Crippen LogP contribution in [0.5, 0.6) is 0 Å². The van der Waals surface area contributed by atoms with Crippen LogP contribution in [-0.2, 0) is 14.3 Å². The molecule has 18 heavy (non-hydrogen) atoms. The fourth-order valence-electron chi connectivity index (χ4n) is 2.18. The van der Waals surface area contributed by atoms with E-state index in [0.717, 1.165) is 25.8 Å². The number of hydrogen-bond acceptors (Lipinski definition) is 4. The third-order valence-corrected chi connectivity index (χ3v) is 3.58. The summed E-state index contributed by atoms with van der Waals surface area (Å²) in [5.41, 5.74) is 0. The van der Waals surface area contributed by atoms with Gasteiger partial charge in [-0.25, -0.2) is 4.79 Å². The average Bonchev–Trinajstić information content (AvgIpc) is 2.86. The van der Waals surface area contributed by atoms with Crippen LogP contribution in [-0.4, -0.2) is 37.6 Å². The highest BCUT2D eigenvalue weighted by molar-refractivity contribution is 5.84. The Kier molecular flexibility index (Phi) is 6.12. The van der Waals surface area contributed by atoms with Gasteiger partial charge in [0.1, 0.15) is 6.04 Å². The van der Waals surface area contributed by atoms with Crippen molar-refractivity contribution in [2.75, 3.05) is 13.7 Å². The summed E-state index contributed by atoms with van der Waals surface area (Å²) in [4.78, 5) is 23.5. The molecule has 0 radical (unpaired) electrons. The molecule has 104 valence electrons. The summed E-state index contributed by atoms with van der Waals surface area (Å²) in [6, 6.07) is -0.283. The van der Waals surface area contributed by atoms with E-state index >= 15 is 0 Å². The molecule has 1 heterocycles. The molecule has 0 spiro atoms. The molecule has 1 aliphatic rings. The van der Waals surface area contributed by atoms with Crippen molar-refractivity contribution in [3.8, 4) is 0 Å². The molecule has 3 atom stereocenters. The molecule has 0 bridgehead atoms. The van der Waals surface area contributed by atoms with Crippen molar-refractivity contribution in [2.24, 2.45) is 5.92 Å². The summed E-state index contributed by atoms with van der Waals surface area (Å²) in [5, 5.41) is 6.06. The van der Waals surface area contributed by atoms with E-state index in [2.05, 4.69) is 10.6 Å². The molecule has 0 saturated carbocycles. The van der Waals surface area contributed by atoms with E-state index in [9.17, 15) is 9.59 Å². The van der Waals surface area contributed by atoms with E-state index in [1.165, 1.54) is 7.11 Å². The van der Waals surface area contributed by atoms with Gasteiger partial charge in [-0.3, -0.25) is 4.79 Å². The van der Waals surface area contributed by atoms with Gasteiger partial charge in [-0.15, -0.1) is 0 Å². The second-order valence-corrected chi connectivity index (χ2v) is 4.95. The van der Waals surface area contributed by atoms with Gasteiger partial charge in [0.2, 0.25) is 5.91 Å². The van der Waals surface area contributed by atoms with E-state index in [1.807, 2.05) is 13.8 Å². The first-order chi connectivity index (χ1) is 8.58. The second kappa shape index (κ2) is 7.36. The molecular formula is C13H24N2O3. The van der Waals surface area contributed by atoms with Gasteiger partial charge >= 0.3 is 5.97 Å². The Morgan fingerprint density at radius 1 is 1.50 bits per heavy atom. The van der Waals surface area contributed by atoms with Gasteiger partial charge in [0.25, 0.3) is 0 Å². The molecule has 1 aliphatic heterocycles. The van der Waals surface area contributed by atoms with Crippen LogP contribution in [0, 0.1) is 5.92 Å². The van der Waals surface area contributed by atoms with Crippen LogP contribution in [0.3, 0.4) is 0 Å². The van der Waals surface area contributed by atoms with E-state index in [-0.39, 0.29) is 23.8 Å². The topological polar surface area (TPSA) is 67.4 Å². The first-order valence-corrected chi connectivity index (χ1v) is 6.69. The zero-order valence-corrected chi connectivity index (χ0v) is 11.5. The predicted octanol–water partition coefficient (Wildman–Crippen LogP) is 0.832. The van der Waals surface area contributed by atoms with Gasteiger partial charge in [-0.1, -0.05) is 20.3 Å². The van der Waals surface area contributed by atoms with E-state index in [4.69, 9.17) is 4.74 Å². The zero-order chi connectivity index (χ0) is 13.5. The Labute approximate surface area is 109 Å². The highest BCUT2D eigenvalue weighted by atomic mass is 16.5. The monoisotopic (exact) mass is 256 g/mol. The van der Waals surface area contributed by atoms with Gasteiger partial charge in [0.05, 0.1) is 7.11 Å². The van der Waals surface area contributed by atoms with Crippen molar-refractivity contribution in [2.45, 2.75) is 51.6 Å². The lowest BCUT2D eigenvalue weighted by Gasteiger charge is -2.22. The van der Waals surface area contributed by atoms with Crippen molar-refractivity contribution in [1.29, 1.82) is 0 Å². The average molecular weight is 256 g/mol. The summed E-state index contributed by atoms with van der Waals surface area (Å²) in [6.45, 7) is 4.91. The summed E-state index contributed by atoms with van der Waals surface area (Å²) >= 11 is 0. The van der Waals surface area contributed by atoms with Crippen LogP contribution in [0.25, 0.3) is 0 Å². The number of nitrogens with one attached hydrogen (secondary N) is 2. The molecular weight excluding hydrogens is 232 g/mol. The lowest BCUT2D eigenvalue weighted by atomic mass is 9.99. The van der Waals surface area contributed by atoms with Crippen LogP contribution in [0.2, 0.25) is 0 Å². The van der Waals surface area contributed by atoms with Crippen molar-refractivity contribution >= 4 is 11.9 Å². The van der Waals surface area contributed by atoms with Gasteiger partial charge in [0, 0.05) is 12.5 Å². The van der Waals surface area contributed by atoms with Crippen LogP contribution in [0.15, 0.2) is 0 Å². The third-order valence-electron chi connectivity index (χ3n) is 3.58. The van der Waals surface area contributed by atoms with Crippen LogP contribution in [0.1, 0.15) is 39.5 Å². The number of ether oxygens (including phenoxy) is 1. The number of esters is 1. The highest BCUT2D eigenvalue weighted by Gasteiger charge is 2.27. The quantitative estimate of drug-likeness (QED) is 0.691. The Balaban J connectivity index is 2.48. The van der Waals surface area contributed by atoms with Crippen molar-refractivity contribution in [3.05, 3.63) is 0 Å². The van der Waals surface area contributed by atoms with Gasteiger partial charge in [0.15, 0.2) is 0 Å². The second-order valence-electron chi connectivity index (χ2n) is 4.95. The molecule has 1 fully saturated rings. The molecule has 1 rings (SSSR count). The highest BCUT2D eigenvalue weighted by Crippen LogP contribution is 2.12. The number of hydrogen-bond donors (Lipinski definition) is 2. The van der Waals surface area contributed by atoms with Crippen LogP contribution < -0.4 is 10.6 Å². The number of carbonyl (C=O) groups excluding carboxylic acids is 2. The fraction of sp³-hybridized carbons (Fsp3) is 0.846. The lowest BCUT2D eigenvalue weighted by Crippen LogP contribution is -2.47. The SMILES string of the molecule is CCC(C)C(NC(=O)CC1CCCN1)C(=O)OC. The number of methoxy groups -OCH3 is 1. The van der Waals surface area contributed by atoms with E-state index in [1.54, 1.807) is 0 Å². The Hall–Kier alpha value is -1.10. The molecule has 1 amide bonds. The number of rotatable bonds is 6. The molecule has 0 aromatic carbocycles. The smallest absolute Gasteiger partial charge is 0.328 e. The minimum Gasteiger partial charge on any atom is -0.467 e. The largest absolute Gasteiger partial charge is 0.467 e. The number of carbonyl (C=O) groups is 2. The first kappa shape index (κ1) is 15.0. The summed E-state index contributed by atoms with van der Waals surface area (Å²) in [5.74, 6) is -0.361. The predicted molar refractivity (Wildman–Crippen MR) is 69.0 cm³/mol. The minimum absolute atomic E-state index is 0.0786. The van der Waals surface area contributed by atoms with Crippen LogP contribution in [0.4, 0.5) is 0 Å². The zero-order valence-electron chi connectivity index (χ0n) is 11.5. The maximum Gasteiger partial charge on any atom is 0.328 e. The van der Waals surface area contributed by atoms with Crippen LogP contribution >= 0.6 is 0 Å². The van der Waals surface area contributed by atoms with Crippen molar-refractivity contribution in [1.82, 2.24) is 10.6 Å². The molecule has 1 saturated heterocycles. The Morgan fingerprint density at radius 3 is 2.72 bits per heavy atom. The summed E-state index contributed by atoms with van der Waals surface area (Å²) in [7, 11) is 1.35. The number of amides is 1.